The van der Waals surface area contributed by atoms with Gasteiger partial charge in [-0.05, 0) is 31.5 Å². The van der Waals surface area contributed by atoms with Gasteiger partial charge in [0.2, 0.25) is 0 Å². The number of hydrogen-bond acceptors (Lipinski definition) is 3. The molecule has 1 fully saturated rings. The molecule has 0 radical (unpaired) electrons. The number of nitrogens with one attached hydrogen (secondary N) is 1. The van der Waals surface area contributed by atoms with Gasteiger partial charge in [0.1, 0.15) is 5.82 Å². The number of aromatic nitrogens is 1. The van der Waals surface area contributed by atoms with Crippen LogP contribution in [-0.2, 0) is 0 Å². The lowest BCUT2D eigenvalue weighted by atomic mass is 10.0. The van der Waals surface area contributed by atoms with Crippen molar-refractivity contribution in [2.24, 2.45) is 0 Å². The van der Waals surface area contributed by atoms with Gasteiger partial charge in [0.05, 0.1) is 0 Å². The van der Waals surface area contributed by atoms with Gasteiger partial charge in [0, 0.05) is 37.9 Å². The lowest BCUT2D eigenvalue weighted by Crippen LogP contribution is -2.43. The average Bonchev–Trinajstić information content (AvgIpc) is 2.47. The van der Waals surface area contributed by atoms with Gasteiger partial charge in [0.15, 0.2) is 0 Å². The van der Waals surface area contributed by atoms with E-state index in [1.807, 2.05) is 6.20 Å². The van der Waals surface area contributed by atoms with E-state index in [2.05, 4.69) is 59.4 Å². The predicted molar refractivity (Wildman–Crippen MR) is 84.2 cm³/mol. The first-order valence-corrected chi connectivity index (χ1v) is 7.23. The molecule has 3 heteroatoms. The summed E-state index contributed by atoms with van der Waals surface area (Å²) in [5, 5.41) is 3.36. The summed E-state index contributed by atoms with van der Waals surface area (Å²) in [5.74, 6) is 1.08. The highest BCUT2D eigenvalue weighted by molar-refractivity contribution is 5.65. The van der Waals surface area contributed by atoms with Crippen LogP contribution in [0.25, 0.3) is 11.1 Å². The number of anilines is 1. The molecule has 1 aliphatic heterocycles. The minimum Gasteiger partial charge on any atom is -0.354 e. The summed E-state index contributed by atoms with van der Waals surface area (Å²) in [5.41, 5.74) is 5.04. The van der Waals surface area contributed by atoms with Crippen LogP contribution in [0.1, 0.15) is 11.1 Å². The molecule has 3 nitrogen and oxygen atoms in total. The monoisotopic (exact) mass is 267 g/mol. The first-order valence-electron chi connectivity index (χ1n) is 7.23. The molecule has 0 spiro atoms. The molecule has 2 heterocycles. The number of benzene rings is 1. The van der Waals surface area contributed by atoms with Crippen LogP contribution in [0.2, 0.25) is 0 Å². The first kappa shape index (κ1) is 13.1. The second-order valence-electron chi connectivity index (χ2n) is 5.52. The van der Waals surface area contributed by atoms with E-state index in [0.717, 1.165) is 32.0 Å². The molecule has 0 amide bonds. The maximum Gasteiger partial charge on any atom is 0.128 e. The molecular weight excluding hydrogens is 246 g/mol. The maximum absolute atomic E-state index is 4.64. The summed E-state index contributed by atoms with van der Waals surface area (Å²) < 4.78 is 0. The van der Waals surface area contributed by atoms with Gasteiger partial charge in [-0.25, -0.2) is 4.98 Å². The summed E-state index contributed by atoms with van der Waals surface area (Å²) >= 11 is 0. The van der Waals surface area contributed by atoms with Crippen molar-refractivity contribution in [2.75, 3.05) is 31.1 Å². The molecule has 3 rings (SSSR count). The lowest BCUT2D eigenvalue weighted by Gasteiger charge is -2.28. The Kier molecular flexibility index (Phi) is 3.70. The quantitative estimate of drug-likeness (QED) is 0.907. The van der Waals surface area contributed by atoms with E-state index in [9.17, 15) is 0 Å². The van der Waals surface area contributed by atoms with Gasteiger partial charge < -0.3 is 10.2 Å². The zero-order valence-electron chi connectivity index (χ0n) is 12.2. The molecule has 1 aromatic carbocycles. The molecule has 0 bridgehead atoms. The molecule has 0 saturated carbocycles. The fourth-order valence-corrected chi connectivity index (χ4v) is 2.78. The van der Waals surface area contributed by atoms with E-state index in [0.29, 0.717) is 0 Å². The summed E-state index contributed by atoms with van der Waals surface area (Å²) in [6, 6.07) is 11.0. The summed E-state index contributed by atoms with van der Waals surface area (Å²) in [7, 11) is 0. The second kappa shape index (κ2) is 5.63. The second-order valence-corrected chi connectivity index (χ2v) is 5.52. The predicted octanol–water partition coefficient (Wildman–Crippen LogP) is 2.78. The van der Waals surface area contributed by atoms with Crippen LogP contribution in [0.15, 0.2) is 36.5 Å². The van der Waals surface area contributed by atoms with Crippen molar-refractivity contribution in [3.8, 4) is 11.1 Å². The van der Waals surface area contributed by atoms with E-state index in [4.69, 9.17) is 0 Å². The van der Waals surface area contributed by atoms with Crippen LogP contribution in [0.4, 0.5) is 5.82 Å². The van der Waals surface area contributed by atoms with E-state index >= 15 is 0 Å². The topological polar surface area (TPSA) is 28.2 Å². The van der Waals surface area contributed by atoms with Crippen molar-refractivity contribution in [1.29, 1.82) is 0 Å². The zero-order chi connectivity index (χ0) is 13.9. The third-order valence-electron chi connectivity index (χ3n) is 3.74. The molecule has 0 unspecified atom stereocenters. The van der Waals surface area contributed by atoms with Gasteiger partial charge in [-0.3, -0.25) is 0 Å². The third kappa shape index (κ3) is 2.83. The largest absolute Gasteiger partial charge is 0.354 e. The molecule has 0 aliphatic carbocycles. The lowest BCUT2D eigenvalue weighted by molar-refractivity contribution is 0.585. The summed E-state index contributed by atoms with van der Waals surface area (Å²) in [4.78, 5) is 6.97. The Bertz CT molecular complexity index is 563. The number of aryl methyl sites for hydroxylation is 2. The van der Waals surface area contributed by atoms with E-state index in [1.54, 1.807) is 0 Å². The number of hydrogen-bond donors (Lipinski definition) is 1. The van der Waals surface area contributed by atoms with Gasteiger partial charge in [-0.15, -0.1) is 0 Å². The number of rotatable bonds is 2. The highest BCUT2D eigenvalue weighted by atomic mass is 15.2. The van der Waals surface area contributed by atoms with Crippen molar-refractivity contribution in [3.63, 3.8) is 0 Å². The highest BCUT2D eigenvalue weighted by Crippen LogP contribution is 2.23. The van der Waals surface area contributed by atoms with Crippen molar-refractivity contribution in [3.05, 3.63) is 47.7 Å². The Morgan fingerprint density at radius 2 is 1.65 bits per heavy atom. The Morgan fingerprint density at radius 3 is 2.25 bits per heavy atom. The van der Waals surface area contributed by atoms with Crippen LogP contribution in [0.5, 0.6) is 0 Å². The Labute approximate surface area is 120 Å². The Morgan fingerprint density at radius 1 is 0.950 bits per heavy atom. The van der Waals surface area contributed by atoms with Gasteiger partial charge in [-0.2, -0.15) is 0 Å². The van der Waals surface area contributed by atoms with E-state index in [1.165, 1.54) is 22.3 Å². The first-order chi connectivity index (χ1) is 9.72. The van der Waals surface area contributed by atoms with Gasteiger partial charge >= 0.3 is 0 Å². The molecule has 1 aliphatic rings. The third-order valence-corrected chi connectivity index (χ3v) is 3.74. The molecule has 104 valence electrons. The minimum atomic E-state index is 1.04. The van der Waals surface area contributed by atoms with Crippen LogP contribution < -0.4 is 10.2 Å². The standard InChI is InChI=1S/C17H21N3/c1-13-9-14(2)11-16(10-13)15-3-4-17(19-12-15)20-7-5-18-6-8-20/h3-4,9-12,18H,5-8H2,1-2H3. The molecule has 1 saturated heterocycles. The van der Waals surface area contributed by atoms with Gasteiger partial charge in [0.25, 0.3) is 0 Å². The maximum atomic E-state index is 4.64. The number of pyridine rings is 1. The van der Waals surface area contributed by atoms with Crippen LogP contribution in [0, 0.1) is 13.8 Å². The summed E-state index contributed by atoms with van der Waals surface area (Å²) in [6.45, 7) is 8.44. The van der Waals surface area contributed by atoms with Crippen molar-refractivity contribution < 1.29 is 0 Å². The Hall–Kier alpha value is -1.87. The highest BCUT2D eigenvalue weighted by Gasteiger charge is 2.11. The van der Waals surface area contributed by atoms with Crippen molar-refractivity contribution in [1.82, 2.24) is 10.3 Å². The smallest absolute Gasteiger partial charge is 0.128 e. The average molecular weight is 267 g/mol. The fraction of sp³-hybridized carbons (Fsp3) is 0.353. The van der Waals surface area contributed by atoms with E-state index < -0.39 is 0 Å². The van der Waals surface area contributed by atoms with Crippen LogP contribution in [-0.4, -0.2) is 31.2 Å². The molecule has 1 aromatic heterocycles. The van der Waals surface area contributed by atoms with Crippen LogP contribution in [0.3, 0.4) is 0 Å². The SMILES string of the molecule is Cc1cc(C)cc(-c2ccc(N3CCNCC3)nc2)c1. The Balaban J connectivity index is 1.85. The molecule has 1 N–H and O–H groups in total. The van der Waals surface area contributed by atoms with Crippen molar-refractivity contribution >= 4 is 5.82 Å². The van der Waals surface area contributed by atoms with Crippen molar-refractivity contribution in [2.45, 2.75) is 13.8 Å². The number of piperazine rings is 1. The normalized spacial score (nSPS) is 15.4. The molecular formula is C17H21N3. The summed E-state index contributed by atoms with van der Waals surface area (Å²) in [6.07, 6.45) is 1.99. The van der Waals surface area contributed by atoms with Crippen LogP contribution >= 0.6 is 0 Å². The van der Waals surface area contributed by atoms with E-state index in [-0.39, 0.29) is 0 Å². The zero-order valence-corrected chi connectivity index (χ0v) is 12.2. The molecule has 20 heavy (non-hydrogen) atoms. The molecule has 2 aromatic rings. The van der Waals surface area contributed by atoms with Gasteiger partial charge in [-0.1, -0.05) is 29.3 Å². The fourth-order valence-electron chi connectivity index (χ4n) is 2.78. The minimum absolute atomic E-state index is 1.04. The number of nitrogens with zero attached hydrogens (tertiary/aromatic N) is 2. The molecule has 0 atom stereocenters.